The molecule has 0 aliphatic carbocycles. The van der Waals surface area contributed by atoms with Gasteiger partial charge in [-0.2, -0.15) is 0 Å². The van der Waals surface area contributed by atoms with E-state index in [2.05, 4.69) is 98.0 Å². The summed E-state index contributed by atoms with van der Waals surface area (Å²) >= 11 is 0. The van der Waals surface area contributed by atoms with Crippen LogP contribution in [-0.2, 0) is 0 Å². The number of H-pyrrole nitrogens is 1. The second-order valence-corrected chi connectivity index (χ2v) is 12.6. The number of hydrogen-bond acceptors (Lipinski definition) is 3. The zero-order chi connectivity index (χ0) is 33.9. The van der Waals surface area contributed by atoms with E-state index in [-0.39, 0.29) is 5.84 Å². The van der Waals surface area contributed by atoms with Gasteiger partial charge in [0.15, 0.2) is 11.3 Å². The Bertz CT molecular complexity index is 3040. The molecule has 0 bridgehead atoms. The first-order valence-corrected chi connectivity index (χ1v) is 16.9. The Balaban J connectivity index is 1.17. The third-order valence-corrected chi connectivity index (χ3v) is 9.63. The second-order valence-electron chi connectivity index (χ2n) is 12.6. The number of benzene rings is 6. The number of hydrogen-bond donors (Lipinski definition) is 2. The van der Waals surface area contributed by atoms with Crippen molar-refractivity contribution >= 4 is 60.5 Å². The molecular formula is C44H29N7. The predicted molar refractivity (Wildman–Crippen MR) is 207 cm³/mol. The molecule has 0 amide bonds. The molecule has 7 heteroatoms. The van der Waals surface area contributed by atoms with Crippen LogP contribution in [0.5, 0.6) is 0 Å². The topological polar surface area (TPSA) is 87.6 Å². The number of para-hydroxylation sites is 4. The lowest BCUT2D eigenvalue weighted by Gasteiger charge is -2.10. The maximum atomic E-state index is 9.23. The Morgan fingerprint density at radius 1 is 0.569 bits per heavy atom. The highest BCUT2D eigenvalue weighted by Gasteiger charge is 2.19. The van der Waals surface area contributed by atoms with Gasteiger partial charge in [0.2, 0.25) is 0 Å². The fraction of sp³-hybridized carbons (Fsp3) is 0. The van der Waals surface area contributed by atoms with E-state index in [1.807, 2.05) is 85.2 Å². The quantitative estimate of drug-likeness (QED) is 0.146. The molecule has 2 N–H and O–H groups in total. The van der Waals surface area contributed by atoms with Crippen molar-refractivity contribution in [3.05, 3.63) is 175 Å². The first-order valence-electron chi connectivity index (χ1n) is 16.9. The van der Waals surface area contributed by atoms with Crippen molar-refractivity contribution in [3.63, 3.8) is 0 Å². The lowest BCUT2D eigenvalue weighted by molar-refractivity contribution is 1.14. The van der Waals surface area contributed by atoms with Crippen molar-refractivity contribution in [2.45, 2.75) is 0 Å². The van der Waals surface area contributed by atoms with Gasteiger partial charge in [0.25, 0.3) is 0 Å². The van der Waals surface area contributed by atoms with Gasteiger partial charge in [0.05, 0.1) is 45.0 Å². The number of nitrogens with zero attached hydrogens (tertiary/aromatic N) is 5. The molecule has 0 radical (unpaired) electrons. The van der Waals surface area contributed by atoms with Crippen LogP contribution in [0, 0.1) is 5.41 Å². The Morgan fingerprint density at radius 3 is 1.94 bits per heavy atom. The Labute approximate surface area is 292 Å². The fourth-order valence-electron chi connectivity index (χ4n) is 7.36. The summed E-state index contributed by atoms with van der Waals surface area (Å²) < 4.78 is 4.60. The van der Waals surface area contributed by atoms with Crippen molar-refractivity contribution in [2.24, 2.45) is 4.99 Å². The van der Waals surface area contributed by atoms with Crippen molar-refractivity contribution in [3.8, 4) is 22.6 Å². The minimum Gasteiger partial charge on any atom is -0.337 e. The summed E-state index contributed by atoms with van der Waals surface area (Å²) in [4.78, 5) is 17.7. The van der Waals surface area contributed by atoms with Gasteiger partial charge in [0.1, 0.15) is 5.69 Å². The smallest absolute Gasteiger partial charge is 0.159 e. The molecule has 10 rings (SSSR count). The molecule has 0 spiro atoms. The van der Waals surface area contributed by atoms with Gasteiger partial charge in [-0.1, -0.05) is 91.0 Å². The van der Waals surface area contributed by atoms with Crippen LogP contribution in [0.4, 0.5) is 0 Å². The standard InChI is InChI=1S/C44H29N7/c45-43(49-44-42(28-12-2-1-3-13-28)47-36-19-6-7-20-37(36)48-44)29-14-10-15-30(24-29)50-38-21-8-4-17-32(38)34-26-41-35(25-40(34)50)33-18-5-9-22-39(33)51(41)31-16-11-23-46-27-31/h1-27H,(H2,45,48,49). The average Bonchev–Trinajstić information content (AvgIpc) is 3.69. The maximum Gasteiger partial charge on any atom is 0.159 e. The molecule has 0 atom stereocenters. The molecule has 0 aliphatic heterocycles. The molecular weight excluding hydrogens is 627 g/mol. The maximum absolute atomic E-state index is 9.23. The zero-order valence-electron chi connectivity index (χ0n) is 27.3. The summed E-state index contributed by atoms with van der Waals surface area (Å²) in [5.74, 6) is 0.144. The molecule has 4 aromatic heterocycles. The van der Waals surface area contributed by atoms with Crippen molar-refractivity contribution < 1.29 is 0 Å². The Hall–Kier alpha value is -7.12. The number of amidine groups is 1. The number of nitrogens with one attached hydrogen (secondary N) is 2. The van der Waals surface area contributed by atoms with E-state index >= 15 is 0 Å². The zero-order valence-corrected chi connectivity index (χ0v) is 27.3. The highest BCUT2D eigenvalue weighted by atomic mass is 15.0. The molecule has 10 aromatic rings. The van der Waals surface area contributed by atoms with Gasteiger partial charge in [-0.05, 0) is 60.7 Å². The van der Waals surface area contributed by atoms with Crippen LogP contribution >= 0.6 is 0 Å². The van der Waals surface area contributed by atoms with Crippen LogP contribution in [0.15, 0.2) is 169 Å². The van der Waals surface area contributed by atoms with Crippen molar-refractivity contribution in [1.29, 1.82) is 5.41 Å². The number of aromatic nitrogens is 5. The van der Waals surface area contributed by atoms with E-state index in [0.29, 0.717) is 16.7 Å². The first kappa shape index (κ1) is 28.9. The van der Waals surface area contributed by atoms with Crippen LogP contribution in [0.3, 0.4) is 0 Å². The predicted octanol–water partition coefficient (Wildman–Crippen LogP) is 9.75. The lowest BCUT2D eigenvalue weighted by Crippen LogP contribution is -2.17. The van der Waals surface area contributed by atoms with Crippen molar-refractivity contribution in [2.75, 3.05) is 0 Å². The second kappa shape index (κ2) is 11.5. The molecule has 240 valence electrons. The van der Waals surface area contributed by atoms with Gasteiger partial charge >= 0.3 is 0 Å². The van der Waals surface area contributed by atoms with E-state index in [1.54, 1.807) is 0 Å². The molecule has 4 heterocycles. The highest BCUT2D eigenvalue weighted by molar-refractivity contribution is 6.19. The minimum atomic E-state index is 0.144. The first-order chi connectivity index (χ1) is 25.2. The summed E-state index contributed by atoms with van der Waals surface area (Å²) in [7, 11) is 0. The largest absolute Gasteiger partial charge is 0.337 e. The molecule has 0 saturated heterocycles. The van der Waals surface area contributed by atoms with Crippen LogP contribution in [-0.4, -0.2) is 29.9 Å². The highest BCUT2D eigenvalue weighted by Crippen LogP contribution is 2.39. The van der Waals surface area contributed by atoms with Crippen LogP contribution in [0.1, 0.15) is 5.56 Å². The third kappa shape index (κ3) is 4.67. The Kier molecular flexibility index (Phi) is 6.50. The van der Waals surface area contributed by atoms with Gasteiger partial charge in [-0.15, -0.1) is 0 Å². The molecule has 0 unspecified atom stereocenters. The summed E-state index contributed by atoms with van der Waals surface area (Å²) in [6.45, 7) is 0. The van der Waals surface area contributed by atoms with Gasteiger partial charge < -0.3 is 14.1 Å². The fourth-order valence-corrected chi connectivity index (χ4v) is 7.36. The summed E-state index contributed by atoms with van der Waals surface area (Å²) in [6.07, 6.45) is 3.73. The number of aromatic amines is 1. The summed E-state index contributed by atoms with van der Waals surface area (Å²) in [6, 6.07) is 51.8. The van der Waals surface area contributed by atoms with E-state index in [1.165, 1.54) is 5.39 Å². The van der Waals surface area contributed by atoms with E-state index < -0.39 is 0 Å². The average molecular weight is 656 g/mol. The summed E-state index contributed by atoms with van der Waals surface area (Å²) in [5.41, 5.74) is 11.0. The lowest BCUT2D eigenvalue weighted by atomic mass is 10.1. The monoisotopic (exact) mass is 655 g/mol. The van der Waals surface area contributed by atoms with Gasteiger partial charge in [-0.25, -0.2) is 9.98 Å². The van der Waals surface area contributed by atoms with Crippen LogP contribution < -0.4 is 5.49 Å². The van der Waals surface area contributed by atoms with E-state index in [9.17, 15) is 5.41 Å². The van der Waals surface area contributed by atoms with Crippen LogP contribution in [0.25, 0.3) is 77.3 Å². The number of rotatable bonds is 4. The van der Waals surface area contributed by atoms with E-state index in [4.69, 9.17) is 9.98 Å². The third-order valence-electron chi connectivity index (χ3n) is 9.63. The Morgan fingerprint density at radius 2 is 1.22 bits per heavy atom. The normalized spacial score (nSPS) is 12.1. The SMILES string of the molecule is N=C(N=c1[nH]c2ccccc2nc1-c1ccccc1)c1cccc(-n2c3ccccc3c3cc4c(cc32)c2ccccc2n4-c2cccnc2)c1. The number of fused-ring (bicyclic) bond motifs is 7. The molecule has 0 saturated carbocycles. The number of pyridine rings is 1. The van der Waals surface area contributed by atoms with Crippen molar-refractivity contribution in [1.82, 2.24) is 24.1 Å². The minimum absolute atomic E-state index is 0.144. The molecule has 0 aliphatic rings. The van der Waals surface area contributed by atoms with Gasteiger partial charge in [0, 0.05) is 44.6 Å². The molecule has 7 nitrogen and oxygen atoms in total. The van der Waals surface area contributed by atoms with Gasteiger partial charge in [-0.3, -0.25) is 10.4 Å². The molecule has 6 aromatic carbocycles. The summed E-state index contributed by atoms with van der Waals surface area (Å²) in [5, 5.41) is 13.9. The molecule has 51 heavy (non-hydrogen) atoms. The van der Waals surface area contributed by atoms with Crippen LogP contribution in [0.2, 0.25) is 0 Å². The van der Waals surface area contributed by atoms with E-state index in [0.717, 1.165) is 66.2 Å². The molecule has 0 fully saturated rings.